The number of hydrogen-bond donors (Lipinski definition) is 3. The summed E-state index contributed by atoms with van der Waals surface area (Å²) in [6, 6.07) is 6.44. The van der Waals surface area contributed by atoms with E-state index >= 15 is 0 Å². The molecule has 4 N–H and O–H groups in total. The number of fused-ring (bicyclic) bond motifs is 1. The molecular weight excluding hydrogens is 404 g/mol. The fourth-order valence-electron chi connectivity index (χ4n) is 4.88. The van der Waals surface area contributed by atoms with Crippen LogP contribution in [-0.4, -0.2) is 29.6 Å². The van der Waals surface area contributed by atoms with Crippen LogP contribution in [-0.2, 0) is 0 Å². The van der Waals surface area contributed by atoms with Crippen molar-refractivity contribution in [2.75, 3.05) is 18.4 Å². The van der Waals surface area contributed by atoms with Gasteiger partial charge >= 0.3 is 0 Å². The van der Waals surface area contributed by atoms with Crippen molar-refractivity contribution in [3.8, 4) is 0 Å². The van der Waals surface area contributed by atoms with E-state index in [0.29, 0.717) is 11.1 Å². The Morgan fingerprint density at radius 1 is 1.19 bits per heavy atom. The zero-order valence-electron chi connectivity index (χ0n) is 19.9. The van der Waals surface area contributed by atoms with Crippen LogP contribution in [0.5, 0.6) is 0 Å². The molecule has 0 radical (unpaired) electrons. The Morgan fingerprint density at radius 2 is 1.94 bits per heavy atom. The first-order valence-corrected chi connectivity index (χ1v) is 12.6. The number of unbranched alkanes of at least 4 members (excludes halogenated alkanes) is 2. The molecule has 1 heterocycles. The minimum absolute atomic E-state index is 0.0748. The fourth-order valence-corrected chi connectivity index (χ4v) is 5.17. The molecule has 5 heteroatoms. The first-order chi connectivity index (χ1) is 14.9. The molecule has 2 aliphatic rings. The van der Waals surface area contributed by atoms with Crippen molar-refractivity contribution in [2.24, 2.45) is 5.73 Å². The molecule has 174 valence electrons. The van der Waals surface area contributed by atoms with Gasteiger partial charge in [-0.15, -0.1) is 0 Å². The number of nitrogens with two attached hydrogens (primary N) is 1. The molecule has 0 aromatic heterocycles. The summed E-state index contributed by atoms with van der Waals surface area (Å²) in [5, 5.41) is 7.34. The van der Waals surface area contributed by atoms with Crippen LogP contribution in [0.4, 0.5) is 5.69 Å². The Balaban J connectivity index is 0.00000166. The van der Waals surface area contributed by atoms with Gasteiger partial charge in [-0.25, -0.2) is 0 Å². The van der Waals surface area contributed by atoms with E-state index in [1.165, 1.54) is 25.7 Å². The van der Waals surface area contributed by atoms with E-state index in [9.17, 15) is 0 Å². The first-order valence-electron chi connectivity index (χ1n) is 12.2. The molecule has 2 atom stereocenters. The Hall–Kier alpha value is -1.65. The van der Waals surface area contributed by atoms with Gasteiger partial charge in [-0.05, 0) is 50.3 Å². The predicted octanol–water partition coefficient (Wildman–Crippen LogP) is 6.74. The maximum Gasteiger partial charge on any atom is 0.0957 e. The number of hydrogen-bond acceptors (Lipinski definition) is 4. The third-order valence-electron chi connectivity index (χ3n) is 6.49. The van der Waals surface area contributed by atoms with Crippen LogP contribution in [0.2, 0.25) is 5.02 Å². The van der Waals surface area contributed by atoms with E-state index < -0.39 is 0 Å². The molecule has 1 aliphatic carbocycles. The van der Waals surface area contributed by atoms with E-state index in [4.69, 9.17) is 17.3 Å². The quantitative estimate of drug-likeness (QED) is 0.368. The van der Waals surface area contributed by atoms with Crippen molar-refractivity contribution in [3.05, 3.63) is 47.8 Å². The third-order valence-corrected chi connectivity index (χ3v) is 6.80. The molecule has 1 saturated heterocycles. The monoisotopic (exact) mass is 446 g/mol. The summed E-state index contributed by atoms with van der Waals surface area (Å²) < 4.78 is 0. The van der Waals surface area contributed by atoms with Gasteiger partial charge in [-0.2, -0.15) is 0 Å². The number of anilines is 1. The number of nitrogens with one attached hydrogen (secondary N) is 2. The van der Waals surface area contributed by atoms with Crippen LogP contribution in [0.3, 0.4) is 0 Å². The summed E-state index contributed by atoms with van der Waals surface area (Å²) in [7, 11) is 0. The second-order valence-electron chi connectivity index (χ2n) is 8.67. The second-order valence-corrected chi connectivity index (χ2v) is 9.08. The van der Waals surface area contributed by atoms with Crippen LogP contribution >= 0.6 is 11.6 Å². The summed E-state index contributed by atoms with van der Waals surface area (Å²) in [6.07, 6.45) is 10.6. The van der Waals surface area contributed by atoms with Gasteiger partial charge in [0.1, 0.15) is 0 Å². The van der Waals surface area contributed by atoms with Crippen LogP contribution in [0.25, 0.3) is 5.70 Å². The minimum atomic E-state index is -0.0748. The molecule has 1 saturated carbocycles. The summed E-state index contributed by atoms with van der Waals surface area (Å²) in [6.45, 7) is 16.6. The standard InChI is InChI=1S/C24H37ClN4.C2H6/c1-4-5-8-15-27-19(3)28-20-11-12-21(22(25)17-20)18(2)29-16-9-14-24(26)13-7-6-10-23(24)29;1-2/h11-12,17,23,27-28H,2-10,13-16,26H2,1H3;1-2H3. The molecule has 2 fully saturated rings. The Kier molecular flexibility index (Phi) is 10.2. The Morgan fingerprint density at radius 3 is 2.65 bits per heavy atom. The lowest BCUT2D eigenvalue weighted by Crippen LogP contribution is -2.62. The minimum Gasteiger partial charge on any atom is -0.372 e. The van der Waals surface area contributed by atoms with Crippen molar-refractivity contribution >= 4 is 23.0 Å². The number of likely N-dealkylation sites (tertiary alicyclic amines) is 1. The van der Waals surface area contributed by atoms with E-state index in [1.807, 2.05) is 26.0 Å². The third kappa shape index (κ3) is 6.66. The van der Waals surface area contributed by atoms with Gasteiger partial charge in [0.2, 0.25) is 0 Å². The zero-order valence-corrected chi connectivity index (χ0v) is 20.7. The molecule has 2 unspecified atom stereocenters. The number of piperidine rings is 1. The SMILES string of the molecule is C=C(NCCCCC)Nc1ccc(C(=C)N2CCCC3(N)CCCCC23)c(Cl)c1.CC. The Bertz CT molecular complexity index is 728. The summed E-state index contributed by atoms with van der Waals surface area (Å²) in [5.74, 6) is 0.801. The number of benzene rings is 1. The molecule has 3 rings (SSSR count). The van der Waals surface area contributed by atoms with Gasteiger partial charge in [0.05, 0.1) is 10.8 Å². The average molecular weight is 447 g/mol. The highest BCUT2D eigenvalue weighted by Gasteiger charge is 2.43. The van der Waals surface area contributed by atoms with Gasteiger partial charge < -0.3 is 21.3 Å². The summed E-state index contributed by atoms with van der Waals surface area (Å²) in [5.41, 5.74) is 9.66. The van der Waals surface area contributed by atoms with E-state index in [0.717, 1.165) is 68.0 Å². The lowest BCUT2D eigenvalue weighted by molar-refractivity contribution is 0.0822. The van der Waals surface area contributed by atoms with Gasteiger partial charge in [-0.1, -0.05) is 71.2 Å². The van der Waals surface area contributed by atoms with Crippen molar-refractivity contribution < 1.29 is 0 Å². The lowest BCUT2D eigenvalue weighted by Gasteiger charge is -2.52. The van der Waals surface area contributed by atoms with E-state index in [1.54, 1.807) is 0 Å². The maximum absolute atomic E-state index is 6.80. The second kappa shape index (κ2) is 12.4. The van der Waals surface area contributed by atoms with Crippen molar-refractivity contribution in [1.82, 2.24) is 10.2 Å². The van der Waals surface area contributed by atoms with Gasteiger partial charge in [0.25, 0.3) is 0 Å². The highest BCUT2D eigenvalue weighted by molar-refractivity contribution is 6.32. The normalized spacial score (nSPS) is 22.6. The molecule has 0 spiro atoms. The highest BCUT2D eigenvalue weighted by Crippen LogP contribution is 2.41. The fraction of sp³-hybridized carbons (Fsp3) is 0.615. The van der Waals surface area contributed by atoms with Gasteiger partial charge in [0.15, 0.2) is 0 Å². The molecule has 0 bridgehead atoms. The largest absolute Gasteiger partial charge is 0.372 e. The molecule has 1 aromatic carbocycles. The molecule has 4 nitrogen and oxygen atoms in total. The van der Waals surface area contributed by atoms with Crippen LogP contribution < -0.4 is 16.4 Å². The average Bonchev–Trinajstić information content (AvgIpc) is 2.77. The number of rotatable bonds is 9. The smallest absolute Gasteiger partial charge is 0.0957 e. The van der Waals surface area contributed by atoms with E-state index in [-0.39, 0.29) is 5.54 Å². The molecule has 1 aliphatic heterocycles. The van der Waals surface area contributed by atoms with Gasteiger partial charge in [-0.3, -0.25) is 0 Å². The summed E-state index contributed by atoms with van der Waals surface area (Å²) in [4.78, 5) is 2.42. The maximum atomic E-state index is 6.80. The predicted molar refractivity (Wildman–Crippen MR) is 137 cm³/mol. The molecule has 0 amide bonds. The zero-order chi connectivity index (χ0) is 22.9. The van der Waals surface area contributed by atoms with Crippen molar-refractivity contribution in [1.29, 1.82) is 0 Å². The van der Waals surface area contributed by atoms with Crippen molar-refractivity contribution in [2.45, 2.75) is 90.1 Å². The molecule has 31 heavy (non-hydrogen) atoms. The summed E-state index contributed by atoms with van der Waals surface area (Å²) >= 11 is 6.67. The number of nitrogens with zero attached hydrogens (tertiary/aromatic N) is 1. The molecule has 1 aromatic rings. The highest BCUT2D eigenvalue weighted by atomic mass is 35.5. The number of halogens is 1. The first kappa shape index (κ1) is 25.6. The lowest BCUT2D eigenvalue weighted by atomic mass is 9.72. The van der Waals surface area contributed by atoms with Crippen LogP contribution in [0.1, 0.15) is 84.1 Å². The molecular formula is C26H43ClN4. The van der Waals surface area contributed by atoms with Crippen LogP contribution in [0.15, 0.2) is 37.2 Å². The van der Waals surface area contributed by atoms with Gasteiger partial charge in [0, 0.05) is 41.6 Å². The Labute approximate surface area is 195 Å². The van der Waals surface area contributed by atoms with E-state index in [2.05, 4.69) is 41.7 Å². The topological polar surface area (TPSA) is 53.3 Å². The van der Waals surface area contributed by atoms with Crippen LogP contribution in [0, 0.1) is 0 Å². The van der Waals surface area contributed by atoms with Crippen molar-refractivity contribution in [3.63, 3.8) is 0 Å².